The SMILES string of the molecule is COc1ccc(C2=NN(C(C)=O)C(c3cc4cc(Br)ccc4nc3Cl)C2)cc1. The van der Waals surface area contributed by atoms with Gasteiger partial charge >= 0.3 is 0 Å². The Balaban J connectivity index is 1.74. The van der Waals surface area contributed by atoms with Crippen LogP contribution in [0.4, 0.5) is 0 Å². The van der Waals surface area contributed by atoms with Crippen LogP contribution in [0.2, 0.25) is 5.15 Å². The van der Waals surface area contributed by atoms with Crippen molar-refractivity contribution in [1.82, 2.24) is 9.99 Å². The van der Waals surface area contributed by atoms with E-state index in [1.165, 1.54) is 11.9 Å². The first-order chi connectivity index (χ1) is 13.5. The number of hydrazone groups is 1. The maximum Gasteiger partial charge on any atom is 0.240 e. The minimum atomic E-state index is -0.294. The fourth-order valence-corrected chi connectivity index (χ4v) is 4.02. The molecule has 1 aliphatic heterocycles. The van der Waals surface area contributed by atoms with Crippen molar-refractivity contribution in [3.63, 3.8) is 0 Å². The Hall–Kier alpha value is -2.44. The van der Waals surface area contributed by atoms with Gasteiger partial charge in [-0.3, -0.25) is 4.79 Å². The van der Waals surface area contributed by atoms with Crippen molar-refractivity contribution in [2.45, 2.75) is 19.4 Å². The molecule has 1 aromatic heterocycles. The summed E-state index contributed by atoms with van der Waals surface area (Å²) in [5, 5.41) is 7.41. The van der Waals surface area contributed by atoms with E-state index in [0.717, 1.165) is 38.0 Å². The summed E-state index contributed by atoms with van der Waals surface area (Å²) in [7, 11) is 1.63. The van der Waals surface area contributed by atoms with Crippen molar-refractivity contribution < 1.29 is 9.53 Å². The maximum atomic E-state index is 12.3. The number of rotatable bonds is 3. The lowest BCUT2D eigenvalue weighted by atomic mass is 9.98. The Kier molecular flexibility index (Phi) is 5.08. The zero-order chi connectivity index (χ0) is 19.8. The number of carbonyl (C=O) groups is 1. The molecule has 142 valence electrons. The zero-order valence-electron chi connectivity index (χ0n) is 15.3. The number of aromatic nitrogens is 1. The predicted molar refractivity (Wildman–Crippen MR) is 114 cm³/mol. The van der Waals surface area contributed by atoms with Gasteiger partial charge in [0.15, 0.2) is 0 Å². The summed E-state index contributed by atoms with van der Waals surface area (Å²) < 4.78 is 6.17. The number of pyridine rings is 1. The largest absolute Gasteiger partial charge is 0.497 e. The first-order valence-corrected chi connectivity index (χ1v) is 9.91. The standard InChI is InChI=1S/C21H17BrClN3O2/c1-12(27)26-20(11-19(25-26)13-3-6-16(28-2)7-4-13)17-10-14-9-15(22)5-8-18(14)24-21(17)23/h3-10,20H,11H2,1-2H3. The minimum absolute atomic E-state index is 0.140. The highest BCUT2D eigenvalue weighted by molar-refractivity contribution is 9.10. The molecule has 0 saturated carbocycles. The summed E-state index contributed by atoms with van der Waals surface area (Å²) in [4.78, 5) is 16.8. The van der Waals surface area contributed by atoms with Gasteiger partial charge in [-0.1, -0.05) is 27.5 Å². The molecule has 1 atom stereocenters. The summed E-state index contributed by atoms with van der Waals surface area (Å²) in [6.45, 7) is 1.51. The van der Waals surface area contributed by atoms with Gasteiger partial charge in [-0.05, 0) is 54.1 Å². The molecule has 0 aliphatic carbocycles. The fourth-order valence-electron chi connectivity index (χ4n) is 3.37. The van der Waals surface area contributed by atoms with Crippen molar-refractivity contribution >= 4 is 50.1 Å². The van der Waals surface area contributed by atoms with Crippen LogP contribution in [-0.4, -0.2) is 28.7 Å². The van der Waals surface area contributed by atoms with Crippen molar-refractivity contribution in [3.8, 4) is 5.75 Å². The molecule has 0 radical (unpaired) electrons. The van der Waals surface area contributed by atoms with E-state index in [2.05, 4.69) is 26.0 Å². The highest BCUT2D eigenvalue weighted by Gasteiger charge is 2.33. The quantitative estimate of drug-likeness (QED) is 0.497. The third-order valence-corrected chi connectivity index (χ3v) is 5.57. The highest BCUT2D eigenvalue weighted by atomic mass is 79.9. The van der Waals surface area contributed by atoms with Crippen LogP contribution in [0.3, 0.4) is 0 Å². The van der Waals surface area contributed by atoms with Gasteiger partial charge < -0.3 is 4.74 Å². The van der Waals surface area contributed by atoms with E-state index in [4.69, 9.17) is 16.3 Å². The van der Waals surface area contributed by atoms with Crippen LogP contribution in [-0.2, 0) is 4.79 Å². The zero-order valence-corrected chi connectivity index (χ0v) is 17.7. The number of hydrogen-bond acceptors (Lipinski definition) is 4. The van der Waals surface area contributed by atoms with E-state index in [9.17, 15) is 4.79 Å². The van der Waals surface area contributed by atoms with Crippen LogP contribution in [0.15, 0.2) is 58.1 Å². The monoisotopic (exact) mass is 457 g/mol. The molecule has 0 saturated heterocycles. The number of methoxy groups -OCH3 is 1. The normalized spacial score (nSPS) is 16.4. The Labute approximate surface area is 176 Å². The number of fused-ring (bicyclic) bond motifs is 1. The summed E-state index contributed by atoms with van der Waals surface area (Å²) in [6, 6.07) is 15.2. The molecular weight excluding hydrogens is 442 g/mol. The highest BCUT2D eigenvalue weighted by Crippen LogP contribution is 2.37. The van der Waals surface area contributed by atoms with Crippen LogP contribution in [0, 0.1) is 0 Å². The van der Waals surface area contributed by atoms with Crippen LogP contribution in [0.1, 0.15) is 30.5 Å². The van der Waals surface area contributed by atoms with Gasteiger partial charge in [0.05, 0.1) is 24.4 Å². The number of benzene rings is 2. The van der Waals surface area contributed by atoms with Gasteiger partial charge in [-0.2, -0.15) is 5.10 Å². The number of hydrogen-bond donors (Lipinski definition) is 0. The number of ether oxygens (including phenoxy) is 1. The lowest BCUT2D eigenvalue weighted by Gasteiger charge is -2.21. The molecule has 7 heteroatoms. The van der Waals surface area contributed by atoms with E-state index in [-0.39, 0.29) is 11.9 Å². The van der Waals surface area contributed by atoms with E-state index in [1.54, 1.807) is 7.11 Å². The summed E-state index contributed by atoms with van der Waals surface area (Å²) in [5.41, 5.74) is 3.37. The smallest absolute Gasteiger partial charge is 0.240 e. The fraction of sp³-hybridized carbons (Fsp3) is 0.190. The second kappa shape index (κ2) is 7.53. The van der Waals surface area contributed by atoms with Gasteiger partial charge in [-0.25, -0.2) is 9.99 Å². The summed E-state index contributed by atoms with van der Waals surface area (Å²) in [6.07, 6.45) is 0.562. The molecule has 0 N–H and O–H groups in total. The number of amides is 1. The molecule has 1 amide bonds. The molecule has 0 bridgehead atoms. The molecule has 3 aromatic rings. The maximum absolute atomic E-state index is 12.3. The first-order valence-electron chi connectivity index (χ1n) is 8.73. The Morgan fingerprint density at radius 2 is 1.96 bits per heavy atom. The van der Waals surface area contributed by atoms with Crippen molar-refractivity contribution in [2.24, 2.45) is 5.10 Å². The molecule has 0 spiro atoms. The van der Waals surface area contributed by atoms with Crippen LogP contribution >= 0.6 is 27.5 Å². The van der Waals surface area contributed by atoms with Crippen LogP contribution < -0.4 is 4.74 Å². The number of halogens is 2. The van der Waals surface area contributed by atoms with Gasteiger partial charge in [0.2, 0.25) is 5.91 Å². The molecule has 1 aliphatic rings. The second-order valence-electron chi connectivity index (χ2n) is 6.56. The molecule has 5 nitrogen and oxygen atoms in total. The first kappa shape index (κ1) is 18.9. The van der Waals surface area contributed by atoms with E-state index >= 15 is 0 Å². The Morgan fingerprint density at radius 1 is 1.21 bits per heavy atom. The van der Waals surface area contributed by atoms with Gasteiger partial charge in [-0.15, -0.1) is 0 Å². The number of nitrogens with zero attached hydrogens (tertiary/aromatic N) is 3. The molecule has 0 fully saturated rings. The lowest BCUT2D eigenvalue weighted by Crippen LogP contribution is -2.24. The predicted octanol–water partition coefficient (Wildman–Crippen LogP) is 5.36. The topological polar surface area (TPSA) is 54.8 Å². The van der Waals surface area contributed by atoms with Gasteiger partial charge in [0, 0.05) is 28.8 Å². The molecule has 2 heterocycles. The number of carbonyl (C=O) groups excluding carboxylic acids is 1. The minimum Gasteiger partial charge on any atom is -0.497 e. The third kappa shape index (κ3) is 3.50. The van der Waals surface area contributed by atoms with Crippen molar-refractivity contribution in [3.05, 3.63) is 69.3 Å². The Bertz CT molecular complexity index is 1100. The average molecular weight is 459 g/mol. The molecular formula is C21H17BrClN3O2. The summed E-state index contributed by atoms with van der Waals surface area (Å²) >= 11 is 9.99. The molecule has 28 heavy (non-hydrogen) atoms. The molecule has 4 rings (SSSR count). The van der Waals surface area contributed by atoms with E-state index < -0.39 is 0 Å². The summed E-state index contributed by atoms with van der Waals surface area (Å²) in [5.74, 6) is 0.633. The van der Waals surface area contributed by atoms with E-state index in [0.29, 0.717) is 11.6 Å². The van der Waals surface area contributed by atoms with Crippen molar-refractivity contribution in [1.29, 1.82) is 0 Å². The molecule has 1 unspecified atom stereocenters. The van der Waals surface area contributed by atoms with Crippen molar-refractivity contribution in [2.75, 3.05) is 7.11 Å². The van der Waals surface area contributed by atoms with Crippen LogP contribution in [0.25, 0.3) is 10.9 Å². The van der Waals surface area contributed by atoms with Gasteiger partial charge in [0.1, 0.15) is 10.9 Å². The lowest BCUT2D eigenvalue weighted by molar-refractivity contribution is -0.130. The Morgan fingerprint density at radius 3 is 2.64 bits per heavy atom. The van der Waals surface area contributed by atoms with E-state index in [1.807, 2.05) is 48.5 Å². The van der Waals surface area contributed by atoms with Crippen LogP contribution in [0.5, 0.6) is 5.75 Å². The molecule has 2 aromatic carbocycles. The third-order valence-electron chi connectivity index (χ3n) is 4.77. The van der Waals surface area contributed by atoms with Gasteiger partial charge in [0.25, 0.3) is 0 Å². The second-order valence-corrected chi connectivity index (χ2v) is 7.84. The average Bonchev–Trinajstić information content (AvgIpc) is 3.13.